The van der Waals surface area contributed by atoms with Crippen LogP contribution >= 0.6 is 0 Å². The molecular weight excluding hydrogens is 448 g/mol. The maximum atomic E-state index is 6.57. The second kappa shape index (κ2) is 12.5. The molecule has 0 bridgehead atoms. The van der Waals surface area contributed by atoms with E-state index in [1.54, 1.807) is 6.20 Å². The van der Waals surface area contributed by atoms with Gasteiger partial charge in [0, 0.05) is 23.4 Å². The second-order valence-electron chi connectivity index (χ2n) is 10.1. The SMILES string of the molecule is CC.CC1=C/C(C)(C)[C@@H](c2ccccc2C/C=C(C)\C(=C/N)c2ccccc2)c2ccccc2\C(N)=C\1. The normalized spacial score (nSPS) is 20.1. The van der Waals surface area contributed by atoms with E-state index in [2.05, 4.69) is 107 Å². The molecule has 0 aliphatic heterocycles. The topological polar surface area (TPSA) is 52.0 Å². The van der Waals surface area contributed by atoms with E-state index >= 15 is 0 Å². The number of rotatable bonds is 5. The maximum Gasteiger partial charge on any atom is 0.0393 e. The Morgan fingerprint density at radius 1 is 0.865 bits per heavy atom. The Hall–Kier alpha value is -3.78. The highest BCUT2D eigenvalue weighted by Crippen LogP contribution is 2.47. The minimum atomic E-state index is -0.0986. The van der Waals surface area contributed by atoms with E-state index < -0.39 is 0 Å². The lowest BCUT2D eigenvalue weighted by atomic mass is 9.67. The molecule has 3 aromatic rings. The average molecular weight is 491 g/mol. The molecule has 37 heavy (non-hydrogen) atoms. The van der Waals surface area contributed by atoms with Crippen LogP contribution in [-0.4, -0.2) is 0 Å². The Morgan fingerprint density at radius 2 is 1.46 bits per heavy atom. The fraction of sp³-hybridized carbons (Fsp3) is 0.257. The molecule has 4 N–H and O–H groups in total. The first kappa shape index (κ1) is 27.8. The van der Waals surface area contributed by atoms with Gasteiger partial charge >= 0.3 is 0 Å². The van der Waals surface area contributed by atoms with E-state index in [4.69, 9.17) is 11.5 Å². The summed E-state index contributed by atoms with van der Waals surface area (Å²) >= 11 is 0. The van der Waals surface area contributed by atoms with E-state index in [0.717, 1.165) is 28.8 Å². The predicted octanol–water partition coefficient (Wildman–Crippen LogP) is 8.62. The monoisotopic (exact) mass is 490 g/mol. The lowest BCUT2D eigenvalue weighted by Crippen LogP contribution is -2.25. The third-order valence-corrected chi connectivity index (χ3v) is 6.98. The fourth-order valence-corrected chi connectivity index (χ4v) is 5.46. The quantitative estimate of drug-likeness (QED) is 0.352. The van der Waals surface area contributed by atoms with Gasteiger partial charge in [-0.3, -0.25) is 0 Å². The largest absolute Gasteiger partial charge is 0.404 e. The molecule has 2 nitrogen and oxygen atoms in total. The molecule has 2 heteroatoms. The maximum absolute atomic E-state index is 6.57. The summed E-state index contributed by atoms with van der Waals surface area (Å²) in [6.07, 6.45) is 9.29. The number of fused-ring (bicyclic) bond motifs is 1. The van der Waals surface area contributed by atoms with E-state index in [1.165, 1.54) is 27.8 Å². The van der Waals surface area contributed by atoms with Crippen molar-refractivity contribution in [3.05, 3.63) is 142 Å². The van der Waals surface area contributed by atoms with Crippen LogP contribution in [0.25, 0.3) is 11.3 Å². The average Bonchev–Trinajstić information content (AvgIpc) is 2.89. The van der Waals surface area contributed by atoms with Gasteiger partial charge in [-0.2, -0.15) is 0 Å². The Kier molecular flexibility index (Phi) is 9.36. The molecule has 0 amide bonds. The first-order valence-corrected chi connectivity index (χ1v) is 13.3. The lowest BCUT2D eigenvalue weighted by Gasteiger charge is -2.37. The van der Waals surface area contributed by atoms with Crippen molar-refractivity contribution in [1.82, 2.24) is 0 Å². The van der Waals surface area contributed by atoms with Gasteiger partial charge in [-0.15, -0.1) is 0 Å². The van der Waals surface area contributed by atoms with Crippen molar-refractivity contribution < 1.29 is 0 Å². The van der Waals surface area contributed by atoms with E-state index in [1.807, 2.05) is 32.0 Å². The van der Waals surface area contributed by atoms with Gasteiger partial charge in [0.15, 0.2) is 0 Å². The molecule has 0 saturated carbocycles. The second-order valence-corrected chi connectivity index (χ2v) is 10.1. The van der Waals surface area contributed by atoms with E-state index in [-0.39, 0.29) is 11.3 Å². The van der Waals surface area contributed by atoms with Gasteiger partial charge in [-0.05, 0) is 65.2 Å². The molecule has 0 spiro atoms. The van der Waals surface area contributed by atoms with Gasteiger partial charge in [-0.25, -0.2) is 0 Å². The van der Waals surface area contributed by atoms with Crippen LogP contribution in [0.1, 0.15) is 75.3 Å². The molecule has 1 aliphatic carbocycles. The van der Waals surface area contributed by atoms with Crippen LogP contribution in [0.5, 0.6) is 0 Å². The third kappa shape index (κ3) is 6.32. The Balaban J connectivity index is 0.00000186. The lowest BCUT2D eigenvalue weighted by molar-refractivity contribution is 0.412. The van der Waals surface area contributed by atoms with Crippen LogP contribution in [0, 0.1) is 5.41 Å². The van der Waals surface area contributed by atoms with Crippen molar-refractivity contribution in [3.8, 4) is 0 Å². The Morgan fingerprint density at radius 3 is 2.14 bits per heavy atom. The number of nitrogens with two attached hydrogens (primary N) is 2. The highest BCUT2D eigenvalue weighted by molar-refractivity contribution is 5.78. The first-order chi connectivity index (χ1) is 17.8. The van der Waals surface area contributed by atoms with Gasteiger partial charge in [0.25, 0.3) is 0 Å². The molecule has 4 rings (SSSR count). The van der Waals surface area contributed by atoms with E-state index in [9.17, 15) is 0 Å². The molecule has 1 atom stereocenters. The Bertz CT molecular complexity index is 1320. The van der Waals surface area contributed by atoms with E-state index in [0.29, 0.717) is 0 Å². The molecule has 0 unspecified atom stereocenters. The van der Waals surface area contributed by atoms with Crippen molar-refractivity contribution in [1.29, 1.82) is 0 Å². The summed E-state index contributed by atoms with van der Waals surface area (Å²) < 4.78 is 0. The predicted molar refractivity (Wildman–Crippen MR) is 162 cm³/mol. The number of hydrogen-bond donors (Lipinski definition) is 2. The fourth-order valence-electron chi connectivity index (χ4n) is 5.46. The van der Waals surface area contributed by atoms with Crippen LogP contribution in [0.4, 0.5) is 0 Å². The zero-order valence-corrected chi connectivity index (χ0v) is 23.3. The summed E-state index contributed by atoms with van der Waals surface area (Å²) in [7, 11) is 0. The third-order valence-electron chi connectivity index (χ3n) is 6.98. The van der Waals surface area contributed by atoms with Gasteiger partial charge in [0.1, 0.15) is 0 Å². The summed E-state index contributed by atoms with van der Waals surface area (Å²) in [5, 5.41) is 0. The highest BCUT2D eigenvalue weighted by atomic mass is 14.6. The van der Waals surface area contributed by atoms with Crippen LogP contribution in [0.3, 0.4) is 0 Å². The van der Waals surface area contributed by atoms with Gasteiger partial charge in [0.2, 0.25) is 0 Å². The zero-order valence-electron chi connectivity index (χ0n) is 23.3. The van der Waals surface area contributed by atoms with Gasteiger partial charge in [0.05, 0.1) is 0 Å². The number of allylic oxidation sites excluding steroid dienone is 6. The van der Waals surface area contributed by atoms with Crippen molar-refractivity contribution in [2.45, 2.75) is 53.9 Å². The molecule has 192 valence electrons. The van der Waals surface area contributed by atoms with Crippen molar-refractivity contribution in [3.63, 3.8) is 0 Å². The smallest absolute Gasteiger partial charge is 0.0393 e. The van der Waals surface area contributed by atoms with Crippen LogP contribution in [0.15, 0.2) is 114 Å². The summed E-state index contributed by atoms with van der Waals surface area (Å²) in [5.74, 6) is 0.171. The molecule has 0 radical (unpaired) electrons. The van der Waals surface area contributed by atoms with Crippen LogP contribution in [-0.2, 0) is 6.42 Å². The number of hydrogen-bond acceptors (Lipinski definition) is 2. The molecule has 0 aromatic heterocycles. The Labute approximate surface area is 224 Å². The van der Waals surface area contributed by atoms with Crippen LogP contribution in [0.2, 0.25) is 0 Å². The van der Waals surface area contributed by atoms with Crippen molar-refractivity contribution >= 4 is 11.3 Å². The van der Waals surface area contributed by atoms with Crippen molar-refractivity contribution in [2.24, 2.45) is 16.9 Å². The molecule has 0 heterocycles. The minimum Gasteiger partial charge on any atom is -0.404 e. The highest BCUT2D eigenvalue weighted by Gasteiger charge is 2.34. The molecular formula is C35H42N2. The standard InChI is InChI=1S/C33H36N2.C2H6/c1-23-20-31(35)28-16-10-11-17-29(28)32(33(3,4)21-23)27-15-9-8-14-26(27)19-18-24(2)30(22-34)25-12-6-5-7-13-25;1-2/h5-18,20-22,32H,19,34-35H2,1-4H3;1-2H3/b23-21-,24-18-,30-22+,31-20-;/t32-;/m0./s1. The summed E-state index contributed by atoms with van der Waals surface area (Å²) in [6, 6.07) is 27.7. The number of benzene rings is 3. The van der Waals surface area contributed by atoms with Crippen molar-refractivity contribution in [2.75, 3.05) is 0 Å². The summed E-state index contributed by atoms with van der Waals surface area (Å²) in [4.78, 5) is 0. The van der Waals surface area contributed by atoms with Gasteiger partial charge in [-0.1, -0.05) is 124 Å². The first-order valence-electron chi connectivity index (χ1n) is 13.3. The van der Waals surface area contributed by atoms with Gasteiger partial charge < -0.3 is 11.5 Å². The molecule has 0 saturated heterocycles. The zero-order chi connectivity index (χ0) is 27.0. The molecule has 0 fully saturated rings. The minimum absolute atomic E-state index is 0.0986. The summed E-state index contributed by atoms with van der Waals surface area (Å²) in [6.45, 7) is 12.9. The van der Waals surface area contributed by atoms with Crippen LogP contribution < -0.4 is 11.5 Å². The molecule has 3 aromatic carbocycles. The summed E-state index contributed by atoms with van der Waals surface area (Å²) in [5.41, 5.74) is 23.0. The molecule has 1 aliphatic rings.